The standard InChI is InChI=1S/C29H30FN5O2/c1-2-37-29(36)35-16-14-22(15-17-35)33-27(21-12-13-26(31-18-21)20-8-4-3-5-9-20)24-19-32-34-28(24)23-10-6-7-11-25(23)30/h3-13,18-19,22,27,33H,2,14-17H2,1H3,(H,32,34). The van der Waals surface area contributed by atoms with Gasteiger partial charge in [-0.25, -0.2) is 9.18 Å². The zero-order chi connectivity index (χ0) is 25.6. The number of aromatic nitrogens is 3. The van der Waals surface area contributed by atoms with Crippen LogP contribution in [-0.4, -0.2) is 51.9 Å². The molecule has 0 radical (unpaired) electrons. The molecule has 1 amide bonds. The van der Waals surface area contributed by atoms with Gasteiger partial charge in [-0.1, -0.05) is 48.5 Å². The molecule has 1 unspecified atom stereocenters. The van der Waals surface area contributed by atoms with Crippen molar-refractivity contribution in [1.29, 1.82) is 0 Å². The van der Waals surface area contributed by atoms with Crippen molar-refractivity contribution in [1.82, 2.24) is 25.4 Å². The lowest BCUT2D eigenvalue weighted by atomic mass is 9.94. The summed E-state index contributed by atoms with van der Waals surface area (Å²) in [5.74, 6) is -0.313. The smallest absolute Gasteiger partial charge is 0.409 e. The quantitative estimate of drug-likeness (QED) is 0.347. The van der Waals surface area contributed by atoms with Crippen molar-refractivity contribution in [3.05, 3.63) is 96.1 Å². The van der Waals surface area contributed by atoms with E-state index in [1.165, 1.54) is 6.07 Å². The van der Waals surface area contributed by atoms with Crippen LogP contribution < -0.4 is 5.32 Å². The molecule has 0 spiro atoms. The second-order valence-electron chi connectivity index (χ2n) is 9.08. The van der Waals surface area contributed by atoms with E-state index in [-0.39, 0.29) is 24.0 Å². The van der Waals surface area contributed by atoms with Gasteiger partial charge in [0.05, 0.1) is 30.2 Å². The number of carbonyl (C=O) groups excluding carboxylic acids is 1. The van der Waals surface area contributed by atoms with Gasteiger partial charge in [-0.3, -0.25) is 10.1 Å². The molecular formula is C29H30FN5O2. The van der Waals surface area contributed by atoms with Crippen LogP contribution in [0.3, 0.4) is 0 Å². The van der Waals surface area contributed by atoms with Gasteiger partial charge in [-0.2, -0.15) is 5.10 Å². The fraction of sp³-hybridized carbons (Fsp3) is 0.276. The molecule has 1 fully saturated rings. The van der Waals surface area contributed by atoms with Gasteiger partial charge in [0.2, 0.25) is 0 Å². The Morgan fingerprint density at radius 3 is 2.54 bits per heavy atom. The number of benzene rings is 2. The fourth-order valence-corrected chi connectivity index (χ4v) is 4.79. The van der Waals surface area contributed by atoms with E-state index in [4.69, 9.17) is 9.72 Å². The Labute approximate surface area is 215 Å². The predicted octanol–water partition coefficient (Wildman–Crippen LogP) is 5.58. The normalized spacial score (nSPS) is 14.9. The van der Waals surface area contributed by atoms with E-state index in [0.29, 0.717) is 31.0 Å². The van der Waals surface area contributed by atoms with E-state index in [9.17, 15) is 9.18 Å². The molecule has 1 aliphatic rings. The Morgan fingerprint density at radius 2 is 1.84 bits per heavy atom. The summed E-state index contributed by atoms with van der Waals surface area (Å²) in [5.41, 5.74) is 4.81. The number of nitrogens with zero attached hydrogens (tertiary/aromatic N) is 3. The zero-order valence-corrected chi connectivity index (χ0v) is 20.7. The average Bonchev–Trinajstić information content (AvgIpc) is 3.42. The third-order valence-electron chi connectivity index (χ3n) is 6.74. The van der Waals surface area contributed by atoms with Gasteiger partial charge in [-0.05, 0) is 43.5 Å². The lowest BCUT2D eigenvalue weighted by Crippen LogP contribution is -2.46. The van der Waals surface area contributed by atoms with Crippen LogP contribution in [0.2, 0.25) is 0 Å². The van der Waals surface area contributed by atoms with Crippen LogP contribution in [0.1, 0.15) is 36.9 Å². The number of likely N-dealkylation sites (tertiary alicyclic amines) is 1. The van der Waals surface area contributed by atoms with E-state index >= 15 is 0 Å². The first-order valence-electron chi connectivity index (χ1n) is 12.6. The number of hydrogen-bond donors (Lipinski definition) is 2. The SMILES string of the molecule is CCOC(=O)N1CCC(NC(c2ccc(-c3ccccc3)nc2)c2cn[nH]c2-c2ccccc2F)CC1. The van der Waals surface area contributed by atoms with E-state index in [2.05, 4.69) is 21.6 Å². The van der Waals surface area contributed by atoms with Gasteiger partial charge in [0.15, 0.2) is 0 Å². The largest absolute Gasteiger partial charge is 0.450 e. The first kappa shape index (κ1) is 24.6. The van der Waals surface area contributed by atoms with E-state index in [0.717, 1.165) is 35.2 Å². The van der Waals surface area contributed by atoms with Crippen molar-refractivity contribution < 1.29 is 13.9 Å². The molecule has 1 atom stereocenters. The van der Waals surface area contributed by atoms with Gasteiger partial charge in [0.25, 0.3) is 0 Å². The van der Waals surface area contributed by atoms with Gasteiger partial charge in [-0.15, -0.1) is 0 Å². The van der Waals surface area contributed by atoms with Crippen LogP contribution in [0.15, 0.2) is 79.1 Å². The first-order chi connectivity index (χ1) is 18.1. The Morgan fingerprint density at radius 1 is 1.08 bits per heavy atom. The average molecular weight is 500 g/mol. The predicted molar refractivity (Wildman–Crippen MR) is 140 cm³/mol. The molecule has 2 N–H and O–H groups in total. The Kier molecular flexibility index (Phi) is 7.56. The number of hydrogen-bond acceptors (Lipinski definition) is 5. The molecule has 3 heterocycles. The molecule has 0 bridgehead atoms. The third-order valence-corrected chi connectivity index (χ3v) is 6.74. The number of aromatic amines is 1. The van der Waals surface area contributed by atoms with Gasteiger partial charge in [0.1, 0.15) is 5.82 Å². The molecule has 2 aromatic carbocycles. The van der Waals surface area contributed by atoms with Crippen LogP contribution in [0.4, 0.5) is 9.18 Å². The Hall–Kier alpha value is -4.04. The lowest BCUT2D eigenvalue weighted by Gasteiger charge is -2.34. The highest BCUT2D eigenvalue weighted by Crippen LogP contribution is 2.33. The van der Waals surface area contributed by atoms with Crippen molar-refractivity contribution in [3.8, 4) is 22.5 Å². The molecule has 8 heteroatoms. The molecule has 7 nitrogen and oxygen atoms in total. The summed E-state index contributed by atoms with van der Waals surface area (Å²) >= 11 is 0. The fourth-order valence-electron chi connectivity index (χ4n) is 4.79. The van der Waals surface area contributed by atoms with Gasteiger partial charge in [0, 0.05) is 42.0 Å². The Balaban J connectivity index is 1.44. The molecule has 1 saturated heterocycles. The minimum absolute atomic E-state index is 0.146. The maximum Gasteiger partial charge on any atom is 0.409 e. The van der Waals surface area contributed by atoms with Crippen LogP contribution >= 0.6 is 0 Å². The van der Waals surface area contributed by atoms with Crippen molar-refractivity contribution in [3.63, 3.8) is 0 Å². The number of carbonyl (C=O) groups is 1. The minimum Gasteiger partial charge on any atom is -0.450 e. The molecule has 37 heavy (non-hydrogen) atoms. The highest BCUT2D eigenvalue weighted by molar-refractivity contribution is 5.68. The minimum atomic E-state index is -0.313. The summed E-state index contributed by atoms with van der Waals surface area (Å²) in [7, 11) is 0. The number of nitrogens with one attached hydrogen (secondary N) is 2. The van der Waals surface area contributed by atoms with Gasteiger partial charge < -0.3 is 15.0 Å². The zero-order valence-electron chi connectivity index (χ0n) is 20.7. The van der Waals surface area contributed by atoms with Crippen LogP contribution in [0.25, 0.3) is 22.5 Å². The van der Waals surface area contributed by atoms with Crippen molar-refractivity contribution in [2.24, 2.45) is 0 Å². The lowest BCUT2D eigenvalue weighted by molar-refractivity contribution is 0.0945. The summed E-state index contributed by atoms with van der Waals surface area (Å²) in [4.78, 5) is 18.6. The summed E-state index contributed by atoms with van der Waals surface area (Å²) in [6, 6.07) is 20.6. The highest BCUT2D eigenvalue weighted by Gasteiger charge is 2.28. The van der Waals surface area contributed by atoms with Crippen LogP contribution in [0.5, 0.6) is 0 Å². The summed E-state index contributed by atoms with van der Waals surface area (Å²) < 4.78 is 19.9. The maximum atomic E-state index is 14.7. The monoisotopic (exact) mass is 499 g/mol. The molecule has 190 valence electrons. The number of piperidine rings is 1. The number of pyridine rings is 1. The molecule has 1 aliphatic heterocycles. The number of amides is 1. The molecular weight excluding hydrogens is 469 g/mol. The van der Waals surface area contributed by atoms with Gasteiger partial charge >= 0.3 is 6.09 Å². The second-order valence-corrected chi connectivity index (χ2v) is 9.08. The molecule has 0 aliphatic carbocycles. The Bertz CT molecular complexity index is 1320. The summed E-state index contributed by atoms with van der Waals surface area (Å²) in [5, 5.41) is 11.0. The maximum absolute atomic E-state index is 14.7. The van der Waals surface area contributed by atoms with Crippen molar-refractivity contribution in [2.45, 2.75) is 31.8 Å². The number of ether oxygens (including phenoxy) is 1. The number of H-pyrrole nitrogens is 1. The van der Waals surface area contributed by atoms with E-state index in [1.54, 1.807) is 23.2 Å². The molecule has 0 saturated carbocycles. The molecule has 5 rings (SSSR count). The van der Waals surface area contributed by atoms with Crippen molar-refractivity contribution >= 4 is 6.09 Å². The van der Waals surface area contributed by atoms with E-state index < -0.39 is 0 Å². The first-order valence-corrected chi connectivity index (χ1v) is 12.6. The third kappa shape index (κ3) is 5.54. The molecule has 2 aromatic heterocycles. The van der Waals surface area contributed by atoms with Crippen LogP contribution in [-0.2, 0) is 4.74 Å². The second kappa shape index (κ2) is 11.3. The highest BCUT2D eigenvalue weighted by atomic mass is 19.1. The topological polar surface area (TPSA) is 83.1 Å². The van der Waals surface area contributed by atoms with Crippen molar-refractivity contribution in [2.75, 3.05) is 19.7 Å². The number of rotatable bonds is 7. The van der Waals surface area contributed by atoms with Crippen LogP contribution in [0, 0.1) is 5.82 Å². The molecule has 4 aromatic rings. The number of halogens is 1. The summed E-state index contributed by atoms with van der Waals surface area (Å²) in [6.45, 7) is 3.40. The van der Waals surface area contributed by atoms with E-state index in [1.807, 2.05) is 55.6 Å². The summed E-state index contributed by atoms with van der Waals surface area (Å²) in [6.07, 6.45) is 4.90.